The number of benzene rings is 1. The van der Waals surface area contributed by atoms with Gasteiger partial charge in [-0.25, -0.2) is 0 Å². The van der Waals surface area contributed by atoms with Crippen LogP contribution in [0, 0.1) is 0 Å². The first kappa shape index (κ1) is 15.7. The molecule has 1 aromatic carbocycles. The van der Waals surface area contributed by atoms with Gasteiger partial charge in [-0.15, -0.1) is 0 Å². The molecule has 0 spiro atoms. The van der Waals surface area contributed by atoms with Crippen molar-refractivity contribution in [1.82, 2.24) is 10.2 Å². The van der Waals surface area contributed by atoms with Crippen molar-refractivity contribution in [3.8, 4) is 0 Å². The average Bonchev–Trinajstić information content (AvgIpc) is 2.30. The fraction of sp³-hybridized carbons (Fsp3) is 0.600. The van der Waals surface area contributed by atoms with Crippen molar-refractivity contribution < 1.29 is 0 Å². The second kappa shape index (κ2) is 7.93. The molecule has 0 radical (unpaired) electrons. The Morgan fingerprint density at radius 2 is 2.06 bits per heavy atom. The van der Waals surface area contributed by atoms with Crippen LogP contribution in [-0.4, -0.2) is 24.5 Å². The van der Waals surface area contributed by atoms with Gasteiger partial charge in [-0.2, -0.15) is 0 Å². The molecule has 0 atom stereocenters. The van der Waals surface area contributed by atoms with Gasteiger partial charge >= 0.3 is 0 Å². The first-order valence-corrected chi connectivity index (χ1v) is 7.51. The van der Waals surface area contributed by atoms with Crippen LogP contribution in [0.4, 0.5) is 0 Å². The van der Waals surface area contributed by atoms with E-state index in [0.717, 1.165) is 19.6 Å². The lowest BCUT2D eigenvalue weighted by Gasteiger charge is -2.17. The summed E-state index contributed by atoms with van der Waals surface area (Å²) >= 11 is 3.68. The van der Waals surface area contributed by atoms with Crippen LogP contribution in [-0.2, 0) is 13.1 Å². The van der Waals surface area contributed by atoms with E-state index in [2.05, 4.69) is 72.2 Å². The third-order valence-corrected chi connectivity index (χ3v) is 3.62. The fourth-order valence-electron chi connectivity index (χ4n) is 1.90. The lowest BCUT2D eigenvalue weighted by molar-refractivity contribution is 0.327. The van der Waals surface area contributed by atoms with Crippen LogP contribution >= 0.6 is 15.9 Å². The summed E-state index contributed by atoms with van der Waals surface area (Å²) in [7, 11) is 2.17. The summed E-state index contributed by atoms with van der Waals surface area (Å²) in [5.41, 5.74) is 2.69. The Morgan fingerprint density at radius 3 is 2.61 bits per heavy atom. The van der Waals surface area contributed by atoms with E-state index in [-0.39, 0.29) is 0 Å². The monoisotopic (exact) mass is 312 g/mol. The predicted molar refractivity (Wildman–Crippen MR) is 82.7 cm³/mol. The van der Waals surface area contributed by atoms with E-state index in [0.29, 0.717) is 6.04 Å². The summed E-state index contributed by atoms with van der Waals surface area (Å²) in [6.45, 7) is 9.63. The molecule has 0 aliphatic rings. The van der Waals surface area contributed by atoms with Crippen molar-refractivity contribution in [2.75, 3.05) is 13.6 Å². The van der Waals surface area contributed by atoms with E-state index < -0.39 is 0 Å². The summed E-state index contributed by atoms with van der Waals surface area (Å²) in [4.78, 5) is 2.35. The van der Waals surface area contributed by atoms with E-state index in [1.807, 2.05) is 0 Å². The van der Waals surface area contributed by atoms with Crippen molar-refractivity contribution >= 4 is 15.9 Å². The summed E-state index contributed by atoms with van der Waals surface area (Å²) in [6, 6.07) is 7.20. The molecule has 2 nitrogen and oxygen atoms in total. The van der Waals surface area contributed by atoms with Crippen LogP contribution in [0.3, 0.4) is 0 Å². The Hall–Kier alpha value is -0.380. The number of halogens is 1. The molecule has 0 heterocycles. The maximum atomic E-state index is 3.68. The molecule has 18 heavy (non-hydrogen) atoms. The van der Waals surface area contributed by atoms with Crippen molar-refractivity contribution in [2.45, 2.75) is 46.3 Å². The van der Waals surface area contributed by atoms with Gasteiger partial charge in [0.05, 0.1) is 0 Å². The van der Waals surface area contributed by atoms with E-state index in [1.54, 1.807) is 0 Å². The zero-order chi connectivity index (χ0) is 13.5. The molecule has 0 aliphatic heterocycles. The first-order valence-electron chi connectivity index (χ1n) is 6.72. The Bertz CT molecular complexity index is 364. The second-order valence-corrected chi connectivity index (χ2v) is 6.05. The van der Waals surface area contributed by atoms with Crippen LogP contribution < -0.4 is 5.32 Å². The molecule has 0 unspecified atom stereocenters. The quantitative estimate of drug-likeness (QED) is 0.824. The summed E-state index contributed by atoms with van der Waals surface area (Å²) in [6.07, 6.45) is 1.20. The van der Waals surface area contributed by atoms with Crippen molar-refractivity contribution in [3.63, 3.8) is 0 Å². The molecule has 3 heteroatoms. The van der Waals surface area contributed by atoms with Gasteiger partial charge in [-0.05, 0) is 37.2 Å². The highest BCUT2D eigenvalue weighted by molar-refractivity contribution is 9.10. The van der Waals surface area contributed by atoms with Gasteiger partial charge in [-0.3, -0.25) is 0 Å². The van der Waals surface area contributed by atoms with Crippen LogP contribution in [0.15, 0.2) is 22.7 Å². The van der Waals surface area contributed by atoms with E-state index >= 15 is 0 Å². The van der Waals surface area contributed by atoms with Crippen LogP contribution in [0.5, 0.6) is 0 Å². The highest BCUT2D eigenvalue weighted by atomic mass is 79.9. The van der Waals surface area contributed by atoms with E-state index in [9.17, 15) is 0 Å². The average molecular weight is 313 g/mol. The molecule has 0 aliphatic carbocycles. The van der Waals surface area contributed by atoms with Crippen molar-refractivity contribution in [2.24, 2.45) is 0 Å². The Balaban J connectivity index is 2.61. The van der Waals surface area contributed by atoms with E-state index in [4.69, 9.17) is 0 Å². The minimum Gasteiger partial charge on any atom is -0.310 e. The lowest BCUT2D eigenvalue weighted by atomic mass is 10.1. The van der Waals surface area contributed by atoms with Gasteiger partial charge in [0.25, 0.3) is 0 Å². The van der Waals surface area contributed by atoms with Crippen molar-refractivity contribution in [3.05, 3.63) is 33.8 Å². The van der Waals surface area contributed by atoms with Crippen molar-refractivity contribution in [1.29, 1.82) is 0 Å². The Labute approximate surface area is 120 Å². The van der Waals surface area contributed by atoms with Gasteiger partial charge in [-0.1, -0.05) is 48.8 Å². The smallest absolute Gasteiger partial charge is 0.0241 e. The molecular formula is C15H25BrN2. The van der Waals surface area contributed by atoms with E-state index in [1.165, 1.54) is 22.0 Å². The molecule has 0 saturated heterocycles. The van der Waals surface area contributed by atoms with Crippen LogP contribution in [0.2, 0.25) is 0 Å². The SMILES string of the molecule is CCCN(C)Cc1ccc(CNC(C)C)cc1Br. The number of nitrogens with one attached hydrogen (secondary N) is 1. The minimum absolute atomic E-state index is 0.527. The van der Waals surface area contributed by atoms with Crippen LogP contribution in [0.25, 0.3) is 0 Å². The van der Waals surface area contributed by atoms with Crippen LogP contribution in [0.1, 0.15) is 38.3 Å². The minimum atomic E-state index is 0.527. The van der Waals surface area contributed by atoms with Gasteiger partial charge in [0.2, 0.25) is 0 Å². The zero-order valence-electron chi connectivity index (χ0n) is 12.0. The Kier molecular flexibility index (Phi) is 6.90. The molecule has 102 valence electrons. The normalized spacial score (nSPS) is 11.5. The molecule has 0 bridgehead atoms. The summed E-state index contributed by atoms with van der Waals surface area (Å²) in [5.74, 6) is 0. The standard InChI is InChI=1S/C15H25BrN2/c1-5-8-18(4)11-14-7-6-13(9-15(14)16)10-17-12(2)3/h6-7,9,12,17H,5,8,10-11H2,1-4H3. The van der Waals surface area contributed by atoms with Gasteiger partial charge in [0, 0.05) is 23.6 Å². The molecular weight excluding hydrogens is 288 g/mol. The highest BCUT2D eigenvalue weighted by Crippen LogP contribution is 2.20. The van der Waals surface area contributed by atoms with Gasteiger partial charge in [0.1, 0.15) is 0 Å². The largest absolute Gasteiger partial charge is 0.310 e. The summed E-state index contributed by atoms with van der Waals surface area (Å²) in [5, 5.41) is 3.44. The maximum absolute atomic E-state index is 3.68. The van der Waals surface area contributed by atoms with Gasteiger partial charge in [0.15, 0.2) is 0 Å². The molecule has 0 saturated carbocycles. The fourth-order valence-corrected chi connectivity index (χ4v) is 2.45. The third-order valence-electron chi connectivity index (χ3n) is 2.88. The summed E-state index contributed by atoms with van der Waals surface area (Å²) < 4.78 is 1.22. The topological polar surface area (TPSA) is 15.3 Å². The number of nitrogens with zero attached hydrogens (tertiary/aromatic N) is 1. The molecule has 0 fully saturated rings. The number of hydrogen-bond donors (Lipinski definition) is 1. The third kappa shape index (κ3) is 5.51. The Morgan fingerprint density at radius 1 is 1.33 bits per heavy atom. The lowest BCUT2D eigenvalue weighted by Crippen LogP contribution is -2.22. The zero-order valence-corrected chi connectivity index (χ0v) is 13.5. The second-order valence-electron chi connectivity index (χ2n) is 5.20. The highest BCUT2D eigenvalue weighted by Gasteiger charge is 2.05. The first-order chi connectivity index (χ1) is 8.52. The number of hydrogen-bond acceptors (Lipinski definition) is 2. The predicted octanol–water partition coefficient (Wildman–Crippen LogP) is 3.79. The molecule has 1 rings (SSSR count). The maximum Gasteiger partial charge on any atom is 0.0241 e. The number of rotatable bonds is 7. The molecule has 1 N–H and O–H groups in total. The molecule has 1 aromatic rings. The molecule has 0 amide bonds. The van der Waals surface area contributed by atoms with Gasteiger partial charge < -0.3 is 10.2 Å². The molecule has 0 aromatic heterocycles.